The molecule has 21 heavy (non-hydrogen) atoms. The summed E-state index contributed by atoms with van der Waals surface area (Å²) in [5.41, 5.74) is -0.692. The van der Waals surface area contributed by atoms with E-state index in [1.165, 1.54) is 0 Å². The predicted molar refractivity (Wildman–Crippen MR) is 78.0 cm³/mol. The van der Waals surface area contributed by atoms with Gasteiger partial charge in [0, 0.05) is 24.2 Å². The average molecular weight is 385 g/mol. The van der Waals surface area contributed by atoms with Crippen LogP contribution in [0.2, 0.25) is 0 Å². The Morgan fingerprint density at radius 3 is 2.29 bits per heavy atom. The minimum Gasteiger partial charge on any atom is -0.396 e. The Morgan fingerprint density at radius 1 is 1.29 bits per heavy atom. The van der Waals surface area contributed by atoms with E-state index in [-0.39, 0.29) is 30.1 Å². The number of hydrogen-bond acceptors (Lipinski definition) is 3. The molecule has 1 aliphatic heterocycles. The van der Waals surface area contributed by atoms with Gasteiger partial charge in [-0.25, -0.2) is 8.78 Å². The largest absolute Gasteiger partial charge is 0.396 e. The van der Waals surface area contributed by atoms with Crippen LogP contribution >= 0.6 is 15.9 Å². The van der Waals surface area contributed by atoms with E-state index in [1.807, 2.05) is 4.72 Å². The lowest BCUT2D eigenvalue weighted by Crippen LogP contribution is -2.42. The van der Waals surface area contributed by atoms with Gasteiger partial charge in [-0.2, -0.15) is 12.7 Å². The first-order valence-corrected chi connectivity index (χ1v) is 8.60. The van der Waals surface area contributed by atoms with Gasteiger partial charge in [0.25, 0.3) is 0 Å². The minimum absolute atomic E-state index is 0.0112. The molecule has 0 spiro atoms. The van der Waals surface area contributed by atoms with Crippen LogP contribution in [0.4, 0.5) is 14.5 Å². The van der Waals surface area contributed by atoms with E-state index < -0.39 is 27.5 Å². The standard InChI is InChI=1S/C12H15BrF2N2O3S/c13-9-5-10(14)12(11(15)6-9)16-21(19,20)17-3-1-8(7-18)2-4-17/h5-6,8,16,18H,1-4,7H2. The Kier molecular flexibility index (Phi) is 5.18. The van der Waals surface area contributed by atoms with Crippen molar-refractivity contribution in [1.29, 1.82) is 0 Å². The number of benzene rings is 1. The Morgan fingerprint density at radius 2 is 1.81 bits per heavy atom. The van der Waals surface area contributed by atoms with E-state index >= 15 is 0 Å². The number of anilines is 1. The first-order chi connectivity index (χ1) is 9.83. The number of nitrogens with one attached hydrogen (secondary N) is 1. The lowest BCUT2D eigenvalue weighted by molar-refractivity contribution is 0.170. The molecule has 0 radical (unpaired) electrons. The molecule has 0 aromatic heterocycles. The number of piperidine rings is 1. The quantitative estimate of drug-likeness (QED) is 0.834. The fourth-order valence-electron chi connectivity index (χ4n) is 2.17. The molecular weight excluding hydrogens is 370 g/mol. The van der Waals surface area contributed by atoms with Crippen LogP contribution in [0, 0.1) is 17.6 Å². The van der Waals surface area contributed by atoms with Gasteiger partial charge in [-0.3, -0.25) is 4.72 Å². The van der Waals surface area contributed by atoms with Crippen LogP contribution in [-0.4, -0.2) is 37.5 Å². The lowest BCUT2D eigenvalue weighted by Gasteiger charge is -2.30. The molecule has 1 heterocycles. The van der Waals surface area contributed by atoms with Gasteiger partial charge in [0.05, 0.1) is 0 Å². The third-order valence-electron chi connectivity index (χ3n) is 3.41. The summed E-state index contributed by atoms with van der Waals surface area (Å²) in [6, 6.07) is 1.97. The molecule has 1 saturated heterocycles. The van der Waals surface area contributed by atoms with Crippen LogP contribution in [0.5, 0.6) is 0 Å². The van der Waals surface area contributed by atoms with Crippen LogP contribution < -0.4 is 4.72 Å². The van der Waals surface area contributed by atoms with Gasteiger partial charge in [-0.15, -0.1) is 0 Å². The number of rotatable bonds is 4. The summed E-state index contributed by atoms with van der Waals surface area (Å²) in [5, 5.41) is 9.03. The first kappa shape index (κ1) is 16.6. The van der Waals surface area contributed by atoms with Crippen LogP contribution in [-0.2, 0) is 10.2 Å². The third kappa shape index (κ3) is 3.91. The first-order valence-electron chi connectivity index (χ1n) is 6.37. The van der Waals surface area contributed by atoms with Gasteiger partial charge in [0.2, 0.25) is 0 Å². The summed E-state index contributed by atoms with van der Waals surface area (Å²) in [5.74, 6) is -1.91. The second-order valence-corrected chi connectivity index (χ2v) is 7.46. The number of nitrogens with zero attached hydrogens (tertiary/aromatic N) is 1. The van der Waals surface area contributed by atoms with Gasteiger partial charge in [0.15, 0.2) is 11.6 Å². The molecule has 1 aromatic carbocycles. The minimum atomic E-state index is -4.02. The molecule has 0 unspecified atom stereocenters. The summed E-state index contributed by atoms with van der Waals surface area (Å²) in [7, 11) is -4.02. The molecule has 2 rings (SSSR count). The van der Waals surface area contributed by atoms with Gasteiger partial charge >= 0.3 is 10.2 Å². The van der Waals surface area contributed by atoms with Crippen LogP contribution in [0.25, 0.3) is 0 Å². The molecule has 1 fully saturated rings. The zero-order valence-electron chi connectivity index (χ0n) is 11.0. The van der Waals surface area contributed by atoms with Crippen molar-refractivity contribution in [2.75, 3.05) is 24.4 Å². The maximum atomic E-state index is 13.7. The van der Waals surface area contributed by atoms with E-state index in [0.717, 1.165) is 16.4 Å². The molecule has 9 heteroatoms. The van der Waals surface area contributed by atoms with Gasteiger partial charge in [0.1, 0.15) is 5.69 Å². The molecule has 0 atom stereocenters. The van der Waals surface area contributed by atoms with Crippen LogP contribution in [0.1, 0.15) is 12.8 Å². The summed E-state index contributed by atoms with van der Waals surface area (Å²) < 4.78 is 54.9. The Hall–Kier alpha value is -0.770. The monoisotopic (exact) mass is 384 g/mol. The highest BCUT2D eigenvalue weighted by Gasteiger charge is 2.29. The molecule has 1 aliphatic rings. The fourth-order valence-corrected chi connectivity index (χ4v) is 3.84. The maximum absolute atomic E-state index is 13.7. The maximum Gasteiger partial charge on any atom is 0.301 e. The SMILES string of the molecule is O=S(=O)(Nc1c(F)cc(Br)cc1F)N1CCC(CO)CC1. The van der Waals surface area contributed by atoms with E-state index in [2.05, 4.69) is 15.9 Å². The molecule has 1 aromatic rings. The van der Waals surface area contributed by atoms with Gasteiger partial charge in [-0.05, 0) is 30.9 Å². The molecule has 0 bridgehead atoms. The van der Waals surface area contributed by atoms with Crippen LogP contribution in [0.3, 0.4) is 0 Å². The van der Waals surface area contributed by atoms with Crippen molar-refractivity contribution in [1.82, 2.24) is 4.31 Å². The van der Waals surface area contributed by atoms with Gasteiger partial charge < -0.3 is 5.11 Å². The number of halogens is 3. The second kappa shape index (κ2) is 6.55. The highest BCUT2D eigenvalue weighted by Crippen LogP contribution is 2.26. The van der Waals surface area contributed by atoms with Crippen molar-refractivity contribution in [3.63, 3.8) is 0 Å². The summed E-state index contributed by atoms with van der Waals surface area (Å²) in [6.45, 7) is 0.429. The Balaban J connectivity index is 2.15. The van der Waals surface area contributed by atoms with Crippen molar-refractivity contribution in [2.24, 2.45) is 5.92 Å². The average Bonchev–Trinajstić information content (AvgIpc) is 2.43. The fraction of sp³-hybridized carbons (Fsp3) is 0.500. The zero-order valence-corrected chi connectivity index (χ0v) is 13.4. The van der Waals surface area contributed by atoms with Gasteiger partial charge in [-0.1, -0.05) is 15.9 Å². The number of aliphatic hydroxyl groups is 1. The van der Waals surface area contributed by atoms with Crippen molar-refractivity contribution < 1.29 is 22.3 Å². The number of aliphatic hydroxyl groups excluding tert-OH is 1. The van der Waals surface area contributed by atoms with E-state index in [1.54, 1.807) is 0 Å². The summed E-state index contributed by atoms with van der Waals surface area (Å²) >= 11 is 2.93. The number of hydrogen-bond donors (Lipinski definition) is 2. The smallest absolute Gasteiger partial charge is 0.301 e. The third-order valence-corrected chi connectivity index (χ3v) is 5.37. The normalized spacial score (nSPS) is 17.9. The molecular formula is C12H15BrF2N2O3S. The van der Waals surface area contributed by atoms with Crippen LogP contribution in [0.15, 0.2) is 16.6 Å². The summed E-state index contributed by atoms with van der Waals surface area (Å²) in [6.07, 6.45) is 1.03. The van der Waals surface area contributed by atoms with E-state index in [4.69, 9.17) is 5.11 Å². The van der Waals surface area contributed by atoms with E-state index in [9.17, 15) is 17.2 Å². The highest BCUT2D eigenvalue weighted by molar-refractivity contribution is 9.10. The van der Waals surface area contributed by atoms with Crippen molar-refractivity contribution in [2.45, 2.75) is 12.8 Å². The van der Waals surface area contributed by atoms with Crippen molar-refractivity contribution in [3.05, 3.63) is 28.2 Å². The topological polar surface area (TPSA) is 69.6 Å². The molecule has 0 saturated carbocycles. The highest BCUT2D eigenvalue weighted by atomic mass is 79.9. The van der Waals surface area contributed by atoms with Crippen molar-refractivity contribution >= 4 is 31.8 Å². The molecule has 0 aliphatic carbocycles. The molecule has 5 nitrogen and oxygen atoms in total. The summed E-state index contributed by atoms with van der Waals surface area (Å²) in [4.78, 5) is 0. The molecule has 2 N–H and O–H groups in total. The predicted octanol–water partition coefficient (Wildman–Crippen LogP) is 2.09. The Labute approximate surface area is 130 Å². The molecule has 118 valence electrons. The van der Waals surface area contributed by atoms with E-state index in [0.29, 0.717) is 12.8 Å². The zero-order chi connectivity index (χ0) is 15.6. The Bertz CT molecular complexity index is 596. The van der Waals surface area contributed by atoms with Crippen molar-refractivity contribution in [3.8, 4) is 0 Å². The molecule has 0 amide bonds. The second-order valence-electron chi connectivity index (χ2n) is 4.88. The lowest BCUT2D eigenvalue weighted by atomic mass is 10.00.